The molecule has 0 bridgehead atoms. The number of amides is 1. The lowest BCUT2D eigenvalue weighted by Gasteiger charge is -2.42. The number of aliphatic carboxylic acids is 1. The second-order valence-electron chi connectivity index (χ2n) is 6.91. The van der Waals surface area contributed by atoms with Crippen molar-refractivity contribution in [3.8, 4) is 5.75 Å². The maximum atomic E-state index is 12.4. The maximum absolute atomic E-state index is 12.4. The van der Waals surface area contributed by atoms with Crippen LogP contribution in [0.3, 0.4) is 0 Å². The van der Waals surface area contributed by atoms with E-state index in [1.54, 1.807) is 18.2 Å². The molecule has 6 nitrogen and oxygen atoms in total. The summed E-state index contributed by atoms with van der Waals surface area (Å²) in [6.45, 7) is 0.933. The Morgan fingerprint density at radius 1 is 1.36 bits per heavy atom. The third kappa shape index (κ3) is 4.64. The molecule has 2 fully saturated rings. The summed E-state index contributed by atoms with van der Waals surface area (Å²) in [5.41, 5.74) is 0.505. The Hall–Kier alpha value is -1.79. The number of halogens is 1. The van der Waals surface area contributed by atoms with E-state index in [1.165, 1.54) is 20.0 Å². The van der Waals surface area contributed by atoms with E-state index in [2.05, 4.69) is 5.32 Å². The summed E-state index contributed by atoms with van der Waals surface area (Å²) in [7, 11) is 1.51. The number of hydrogen-bond donors (Lipinski definition) is 2. The summed E-state index contributed by atoms with van der Waals surface area (Å²) < 4.78 is 5.14. The van der Waals surface area contributed by atoms with Crippen LogP contribution in [0.2, 0.25) is 5.02 Å². The Morgan fingerprint density at radius 2 is 2.08 bits per heavy atom. The molecule has 2 aliphatic rings. The van der Waals surface area contributed by atoms with E-state index >= 15 is 0 Å². The molecule has 0 aromatic heterocycles. The number of carbonyl (C=O) groups excluding carboxylic acids is 1. The largest absolute Gasteiger partial charge is 0.495 e. The number of carbonyl (C=O) groups is 2. The Balaban J connectivity index is 1.51. The molecule has 2 aliphatic carbocycles. The van der Waals surface area contributed by atoms with E-state index in [0.717, 1.165) is 19.4 Å². The van der Waals surface area contributed by atoms with Crippen LogP contribution in [0.5, 0.6) is 5.75 Å². The molecule has 2 saturated carbocycles. The van der Waals surface area contributed by atoms with Crippen LogP contribution >= 0.6 is 11.6 Å². The van der Waals surface area contributed by atoms with Crippen molar-refractivity contribution >= 4 is 23.5 Å². The fraction of sp³-hybridized carbons (Fsp3) is 0.556. The first-order valence-electron chi connectivity index (χ1n) is 8.56. The van der Waals surface area contributed by atoms with Crippen molar-refractivity contribution in [1.82, 2.24) is 10.2 Å². The van der Waals surface area contributed by atoms with Crippen LogP contribution in [0.15, 0.2) is 18.2 Å². The summed E-state index contributed by atoms with van der Waals surface area (Å²) in [6, 6.07) is 5.25. The van der Waals surface area contributed by atoms with Crippen LogP contribution < -0.4 is 10.1 Å². The van der Waals surface area contributed by atoms with Gasteiger partial charge in [-0.25, -0.2) is 0 Å². The summed E-state index contributed by atoms with van der Waals surface area (Å²) >= 11 is 5.98. The molecule has 3 rings (SSSR count). The first kappa shape index (κ1) is 18.0. The van der Waals surface area contributed by atoms with Gasteiger partial charge in [0.1, 0.15) is 5.75 Å². The predicted octanol–water partition coefficient (Wildman–Crippen LogP) is 2.41. The molecule has 1 amide bonds. The highest BCUT2D eigenvalue weighted by atomic mass is 35.5. The van der Waals surface area contributed by atoms with Crippen LogP contribution in [0.1, 0.15) is 36.0 Å². The molecule has 2 N–H and O–H groups in total. The van der Waals surface area contributed by atoms with Crippen molar-refractivity contribution in [2.45, 2.75) is 37.8 Å². The summed E-state index contributed by atoms with van der Waals surface area (Å²) in [6.07, 6.45) is 3.97. The van der Waals surface area contributed by atoms with E-state index in [1.807, 2.05) is 4.90 Å². The molecule has 1 aromatic rings. The van der Waals surface area contributed by atoms with E-state index in [4.69, 9.17) is 21.4 Å². The smallest absolute Gasteiger partial charge is 0.317 e. The van der Waals surface area contributed by atoms with Gasteiger partial charge in [0, 0.05) is 24.2 Å². The highest BCUT2D eigenvalue weighted by Gasteiger charge is 2.37. The van der Waals surface area contributed by atoms with Crippen LogP contribution in [0, 0.1) is 5.92 Å². The second kappa shape index (κ2) is 7.62. The highest BCUT2D eigenvalue weighted by molar-refractivity contribution is 6.32. The van der Waals surface area contributed by atoms with Gasteiger partial charge in [-0.1, -0.05) is 11.6 Å². The van der Waals surface area contributed by atoms with Gasteiger partial charge in [0.15, 0.2) is 0 Å². The van der Waals surface area contributed by atoms with E-state index in [0.29, 0.717) is 22.3 Å². The number of carboxylic acid groups (broad SMARTS) is 1. The van der Waals surface area contributed by atoms with Crippen LogP contribution in [0.4, 0.5) is 0 Å². The third-order valence-corrected chi connectivity index (χ3v) is 5.22. The van der Waals surface area contributed by atoms with Crippen LogP contribution in [-0.4, -0.2) is 54.2 Å². The van der Waals surface area contributed by atoms with E-state index < -0.39 is 5.97 Å². The highest BCUT2D eigenvalue weighted by Crippen LogP contribution is 2.34. The summed E-state index contributed by atoms with van der Waals surface area (Å²) in [5.74, 6) is 0.166. The van der Waals surface area contributed by atoms with Crippen LogP contribution in [0.25, 0.3) is 0 Å². The number of rotatable bonds is 8. The molecule has 0 spiro atoms. The van der Waals surface area contributed by atoms with Gasteiger partial charge >= 0.3 is 5.97 Å². The molecule has 1 aromatic carbocycles. The maximum Gasteiger partial charge on any atom is 0.317 e. The molecule has 0 aliphatic heterocycles. The van der Waals surface area contributed by atoms with Crippen molar-refractivity contribution in [1.29, 1.82) is 0 Å². The zero-order valence-corrected chi connectivity index (χ0v) is 15.0. The molecule has 136 valence electrons. The average molecular weight is 367 g/mol. The predicted molar refractivity (Wildman–Crippen MR) is 94.2 cm³/mol. The first-order chi connectivity index (χ1) is 12.0. The van der Waals surface area contributed by atoms with Crippen LogP contribution in [-0.2, 0) is 4.79 Å². The Labute approximate surface area is 152 Å². The van der Waals surface area contributed by atoms with Gasteiger partial charge in [-0.2, -0.15) is 0 Å². The van der Waals surface area contributed by atoms with Gasteiger partial charge in [0.05, 0.1) is 18.7 Å². The zero-order chi connectivity index (χ0) is 18.0. The van der Waals surface area contributed by atoms with Gasteiger partial charge in [-0.05, 0) is 49.8 Å². The van der Waals surface area contributed by atoms with Crippen molar-refractivity contribution in [3.63, 3.8) is 0 Å². The van der Waals surface area contributed by atoms with Crippen molar-refractivity contribution in [2.75, 3.05) is 20.2 Å². The minimum absolute atomic E-state index is 0.0784. The fourth-order valence-corrected chi connectivity index (χ4v) is 3.42. The third-order valence-electron chi connectivity index (χ3n) is 4.91. The SMILES string of the molecule is COc1cc(C(=O)NC2CC(N(CC(=O)O)CC3CC3)C2)ccc1Cl. The molecular formula is C18H23ClN2O4. The fourth-order valence-electron chi connectivity index (χ4n) is 3.22. The minimum Gasteiger partial charge on any atom is -0.495 e. The molecule has 0 heterocycles. The number of carboxylic acids is 1. The Kier molecular flexibility index (Phi) is 5.49. The molecular weight excluding hydrogens is 344 g/mol. The molecule has 0 radical (unpaired) electrons. The molecule has 0 unspecified atom stereocenters. The van der Waals surface area contributed by atoms with Crippen molar-refractivity contribution in [2.24, 2.45) is 5.92 Å². The van der Waals surface area contributed by atoms with Gasteiger partial charge < -0.3 is 15.2 Å². The average Bonchev–Trinajstić information content (AvgIpc) is 3.33. The molecule has 7 heteroatoms. The van der Waals surface area contributed by atoms with Gasteiger partial charge in [-0.3, -0.25) is 14.5 Å². The molecule has 0 saturated heterocycles. The van der Waals surface area contributed by atoms with E-state index in [9.17, 15) is 9.59 Å². The Morgan fingerprint density at radius 3 is 2.68 bits per heavy atom. The monoisotopic (exact) mass is 366 g/mol. The molecule has 25 heavy (non-hydrogen) atoms. The Bertz CT molecular complexity index is 656. The first-order valence-corrected chi connectivity index (χ1v) is 8.94. The van der Waals surface area contributed by atoms with Gasteiger partial charge in [0.25, 0.3) is 5.91 Å². The number of benzene rings is 1. The standard InChI is InChI=1S/C18H23ClN2O4/c1-25-16-6-12(4-5-15(16)19)18(24)20-13-7-14(8-13)21(10-17(22)23)9-11-2-3-11/h4-6,11,13-14H,2-3,7-10H2,1H3,(H,20,24)(H,22,23). The number of nitrogens with zero attached hydrogens (tertiary/aromatic N) is 1. The minimum atomic E-state index is -0.790. The molecule has 0 atom stereocenters. The van der Waals surface area contributed by atoms with Gasteiger partial charge in [-0.15, -0.1) is 0 Å². The number of hydrogen-bond acceptors (Lipinski definition) is 4. The normalized spacial score (nSPS) is 22.4. The van der Waals surface area contributed by atoms with Crippen molar-refractivity contribution in [3.05, 3.63) is 28.8 Å². The second-order valence-corrected chi connectivity index (χ2v) is 7.32. The number of nitrogens with one attached hydrogen (secondary N) is 1. The zero-order valence-electron chi connectivity index (χ0n) is 14.2. The lowest BCUT2D eigenvalue weighted by Crippen LogP contribution is -2.55. The summed E-state index contributed by atoms with van der Waals surface area (Å²) in [4.78, 5) is 25.5. The quantitative estimate of drug-likeness (QED) is 0.738. The van der Waals surface area contributed by atoms with Gasteiger partial charge in [0.2, 0.25) is 0 Å². The lowest BCUT2D eigenvalue weighted by molar-refractivity contribution is -0.139. The summed E-state index contributed by atoms with van der Waals surface area (Å²) in [5, 5.41) is 12.5. The number of ether oxygens (including phenoxy) is 1. The van der Waals surface area contributed by atoms with Crippen molar-refractivity contribution < 1.29 is 19.4 Å². The topological polar surface area (TPSA) is 78.9 Å². The number of methoxy groups -OCH3 is 1. The lowest BCUT2D eigenvalue weighted by atomic mass is 9.85. The van der Waals surface area contributed by atoms with E-state index in [-0.39, 0.29) is 24.5 Å².